The van der Waals surface area contributed by atoms with Gasteiger partial charge in [0.25, 0.3) is 5.69 Å². The lowest BCUT2D eigenvalue weighted by Crippen LogP contribution is -2.07. The fourth-order valence-electron chi connectivity index (χ4n) is 1.18. The van der Waals surface area contributed by atoms with Gasteiger partial charge in [0.1, 0.15) is 5.75 Å². The van der Waals surface area contributed by atoms with E-state index in [-0.39, 0.29) is 12.4 Å². The smallest absolute Gasteiger partial charge is 0.416 e. The monoisotopic (exact) mass is 327 g/mol. The molecule has 1 aromatic rings. The molecule has 0 bridgehead atoms. The van der Waals surface area contributed by atoms with Crippen molar-refractivity contribution in [2.75, 3.05) is 11.9 Å². The van der Waals surface area contributed by atoms with Crippen molar-refractivity contribution in [2.24, 2.45) is 0 Å². The molecule has 0 heterocycles. The molecular weight excluding hydrogens is 319 g/mol. The summed E-state index contributed by atoms with van der Waals surface area (Å²) in [4.78, 5) is 9.66. The summed E-state index contributed by atoms with van der Waals surface area (Å²) in [6.45, 7) is 0.184. The van der Waals surface area contributed by atoms with Crippen LogP contribution in [0.3, 0.4) is 0 Å². The number of hydrogen-bond acceptors (Lipinski definition) is 3. The topological polar surface area (TPSA) is 52.4 Å². The lowest BCUT2D eigenvalue weighted by Gasteiger charge is -2.10. The summed E-state index contributed by atoms with van der Waals surface area (Å²) >= 11 is 3.14. The molecule has 0 aliphatic heterocycles. The standard InChI is InChI=1S/C10H9BrF3NO3/c11-2-1-3-18-9-5-7(10(12,13)14)4-8(6-9)15(16)17/h4-6H,1-3H2. The number of nitro benzene ring substituents is 1. The van der Waals surface area contributed by atoms with Crippen LogP contribution in [-0.4, -0.2) is 16.9 Å². The van der Waals surface area contributed by atoms with Crippen LogP contribution in [0.15, 0.2) is 18.2 Å². The van der Waals surface area contributed by atoms with Gasteiger partial charge in [0.2, 0.25) is 0 Å². The molecule has 0 atom stereocenters. The van der Waals surface area contributed by atoms with Crippen LogP contribution < -0.4 is 4.74 Å². The summed E-state index contributed by atoms with van der Waals surface area (Å²) in [7, 11) is 0. The van der Waals surface area contributed by atoms with E-state index in [1.54, 1.807) is 0 Å². The predicted octanol–water partition coefficient (Wildman–Crippen LogP) is 3.78. The summed E-state index contributed by atoms with van der Waals surface area (Å²) in [6, 6.07) is 2.21. The van der Waals surface area contributed by atoms with Gasteiger partial charge < -0.3 is 4.74 Å². The van der Waals surface area contributed by atoms with Crippen LogP contribution in [0, 0.1) is 10.1 Å². The first-order valence-electron chi connectivity index (χ1n) is 4.90. The first kappa shape index (κ1) is 14.7. The summed E-state index contributed by atoms with van der Waals surface area (Å²) < 4.78 is 42.6. The number of nitrogens with zero attached hydrogens (tertiary/aromatic N) is 1. The molecule has 0 fully saturated rings. The van der Waals surface area contributed by atoms with Crippen LogP contribution in [-0.2, 0) is 6.18 Å². The molecule has 4 nitrogen and oxygen atoms in total. The number of benzene rings is 1. The number of rotatable bonds is 5. The fraction of sp³-hybridized carbons (Fsp3) is 0.400. The van der Waals surface area contributed by atoms with E-state index in [1.165, 1.54) is 0 Å². The second-order valence-electron chi connectivity index (χ2n) is 3.36. The molecule has 0 aliphatic rings. The van der Waals surface area contributed by atoms with Gasteiger partial charge in [-0.3, -0.25) is 10.1 Å². The van der Waals surface area contributed by atoms with Crippen molar-refractivity contribution in [2.45, 2.75) is 12.6 Å². The Labute approximate surface area is 109 Å². The summed E-state index contributed by atoms with van der Waals surface area (Å²) in [5.41, 5.74) is -1.73. The van der Waals surface area contributed by atoms with E-state index in [0.717, 1.165) is 12.1 Å². The Balaban J connectivity index is 3.03. The van der Waals surface area contributed by atoms with E-state index in [1.807, 2.05) is 0 Å². The molecule has 1 aromatic carbocycles. The van der Waals surface area contributed by atoms with Crippen LogP contribution in [0.5, 0.6) is 5.75 Å². The van der Waals surface area contributed by atoms with Crippen molar-refractivity contribution in [1.82, 2.24) is 0 Å². The Morgan fingerprint density at radius 3 is 2.50 bits per heavy atom. The highest BCUT2D eigenvalue weighted by Crippen LogP contribution is 2.34. The van der Waals surface area contributed by atoms with Crippen LogP contribution >= 0.6 is 15.9 Å². The van der Waals surface area contributed by atoms with E-state index in [0.29, 0.717) is 17.8 Å². The molecular formula is C10H9BrF3NO3. The Kier molecular flexibility index (Phi) is 4.94. The second-order valence-corrected chi connectivity index (χ2v) is 4.15. The van der Waals surface area contributed by atoms with Gasteiger partial charge in [-0.1, -0.05) is 15.9 Å². The molecule has 0 amide bonds. The fourth-order valence-corrected chi connectivity index (χ4v) is 1.41. The molecule has 0 radical (unpaired) electrons. The number of ether oxygens (including phenoxy) is 1. The summed E-state index contributed by atoms with van der Waals surface area (Å²) in [6.07, 6.45) is -4.05. The van der Waals surface area contributed by atoms with Gasteiger partial charge in [-0.25, -0.2) is 0 Å². The maximum atomic E-state index is 12.5. The Bertz CT molecular complexity index is 437. The third kappa shape index (κ3) is 4.17. The highest BCUT2D eigenvalue weighted by atomic mass is 79.9. The highest BCUT2D eigenvalue weighted by Gasteiger charge is 2.33. The molecule has 0 spiro atoms. The average molecular weight is 328 g/mol. The minimum absolute atomic E-state index is 0.155. The first-order chi connectivity index (χ1) is 8.34. The molecule has 0 unspecified atom stereocenters. The van der Waals surface area contributed by atoms with Crippen LogP contribution in [0.4, 0.5) is 18.9 Å². The largest absolute Gasteiger partial charge is 0.493 e. The second kappa shape index (κ2) is 6.03. The molecule has 0 N–H and O–H groups in total. The minimum Gasteiger partial charge on any atom is -0.493 e. The number of hydrogen-bond donors (Lipinski definition) is 0. The molecule has 0 saturated carbocycles. The number of alkyl halides is 4. The maximum Gasteiger partial charge on any atom is 0.416 e. The third-order valence-electron chi connectivity index (χ3n) is 1.98. The quantitative estimate of drug-likeness (QED) is 0.358. The van der Waals surface area contributed by atoms with E-state index < -0.39 is 22.4 Å². The van der Waals surface area contributed by atoms with Crippen LogP contribution in [0.1, 0.15) is 12.0 Å². The van der Waals surface area contributed by atoms with Crippen molar-refractivity contribution in [3.63, 3.8) is 0 Å². The van der Waals surface area contributed by atoms with Crippen LogP contribution in [0.25, 0.3) is 0 Å². The summed E-state index contributed by atoms with van der Waals surface area (Å²) in [5, 5.41) is 11.2. The van der Waals surface area contributed by atoms with Crippen molar-refractivity contribution in [3.8, 4) is 5.75 Å². The van der Waals surface area contributed by atoms with Gasteiger partial charge in [-0.2, -0.15) is 13.2 Å². The van der Waals surface area contributed by atoms with Gasteiger partial charge in [0.05, 0.1) is 23.2 Å². The molecule has 100 valence electrons. The highest BCUT2D eigenvalue weighted by molar-refractivity contribution is 9.09. The molecule has 8 heteroatoms. The SMILES string of the molecule is O=[N+]([O-])c1cc(OCCCBr)cc(C(F)(F)F)c1. The van der Waals surface area contributed by atoms with E-state index in [9.17, 15) is 23.3 Å². The Morgan fingerprint density at radius 2 is 2.00 bits per heavy atom. The number of nitro groups is 1. The average Bonchev–Trinajstić information content (AvgIpc) is 2.28. The van der Waals surface area contributed by atoms with Gasteiger partial charge in [-0.15, -0.1) is 0 Å². The molecule has 1 rings (SSSR count). The zero-order valence-corrected chi connectivity index (χ0v) is 10.6. The summed E-state index contributed by atoms with van der Waals surface area (Å²) in [5.74, 6) is -0.155. The Hall–Kier alpha value is -1.31. The predicted molar refractivity (Wildman–Crippen MR) is 62.0 cm³/mol. The number of non-ortho nitro benzene ring substituents is 1. The van der Waals surface area contributed by atoms with E-state index in [4.69, 9.17) is 4.74 Å². The van der Waals surface area contributed by atoms with Gasteiger partial charge in [-0.05, 0) is 12.5 Å². The van der Waals surface area contributed by atoms with E-state index >= 15 is 0 Å². The van der Waals surface area contributed by atoms with Gasteiger partial charge >= 0.3 is 6.18 Å². The lowest BCUT2D eigenvalue weighted by molar-refractivity contribution is -0.385. The first-order valence-corrected chi connectivity index (χ1v) is 6.02. The molecule has 0 aromatic heterocycles. The lowest BCUT2D eigenvalue weighted by atomic mass is 10.2. The molecule has 18 heavy (non-hydrogen) atoms. The van der Waals surface area contributed by atoms with Crippen molar-refractivity contribution < 1.29 is 22.8 Å². The zero-order valence-electron chi connectivity index (χ0n) is 9.04. The van der Waals surface area contributed by atoms with Crippen LogP contribution in [0.2, 0.25) is 0 Å². The number of halogens is 4. The maximum absolute atomic E-state index is 12.5. The minimum atomic E-state index is -4.64. The van der Waals surface area contributed by atoms with Gasteiger partial charge in [0.15, 0.2) is 0 Å². The Morgan fingerprint density at radius 1 is 1.33 bits per heavy atom. The van der Waals surface area contributed by atoms with Crippen molar-refractivity contribution >= 4 is 21.6 Å². The normalized spacial score (nSPS) is 11.3. The molecule has 0 saturated heterocycles. The third-order valence-corrected chi connectivity index (χ3v) is 2.54. The van der Waals surface area contributed by atoms with Gasteiger partial charge in [0, 0.05) is 11.4 Å². The van der Waals surface area contributed by atoms with Crippen molar-refractivity contribution in [3.05, 3.63) is 33.9 Å². The zero-order chi connectivity index (χ0) is 13.8. The molecule has 0 aliphatic carbocycles. The van der Waals surface area contributed by atoms with E-state index in [2.05, 4.69) is 15.9 Å². The van der Waals surface area contributed by atoms with Crippen molar-refractivity contribution in [1.29, 1.82) is 0 Å².